The standard InChI is InChI=1S/C8H7N.C8H16O2.C7H14O2/c1-2-4-8-7(3-1)5-6-9-8;1-3-4-5-6-7-10-8(2)9;1-6(2)4-5-9-7(3)8/h1-6,9H;3-7H2,1-2H3;6H,4-5H2,1-3H3. The van der Waals surface area contributed by atoms with E-state index in [1.807, 2.05) is 18.3 Å². The van der Waals surface area contributed by atoms with Crippen molar-refractivity contribution in [1.82, 2.24) is 4.98 Å². The number of fused-ring (bicyclic) bond motifs is 1. The lowest BCUT2D eigenvalue weighted by atomic mass is 10.1. The molecule has 1 N–H and O–H groups in total. The predicted molar refractivity (Wildman–Crippen MR) is 115 cm³/mol. The number of carbonyl (C=O) groups excluding carboxylic acids is 2. The molecule has 2 rings (SSSR count). The minimum absolute atomic E-state index is 0.170. The van der Waals surface area contributed by atoms with Crippen molar-refractivity contribution in [2.75, 3.05) is 13.2 Å². The molecule has 1 aromatic heterocycles. The summed E-state index contributed by atoms with van der Waals surface area (Å²) in [6, 6.07) is 10.3. The van der Waals surface area contributed by atoms with E-state index in [2.05, 4.69) is 44.0 Å². The largest absolute Gasteiger partial charge is 0.466 e. The lowest BCUT2D eigenvalue weighted by Gasteiger charge is -2.02. The Kier molecular flexibility index (Phi) is 15.5. The maximum absolute atomic E-state index is 10.3. The Bertz CT molecular complexity index is 619. The zero-order valence-corrected chi connectivity index (χ0v) is 18.1. The third-order valence-corrected chi connectivity index (χ3v) is 3.77. The van der Waals surface area contributed by atoms with E-state index in [9.17, 15) is 9.59 Å². The molecule has 0 amide bonds. The summed E-state index contributed by atoms with van der Waals surface area (Å²) in [4.78, 5) is 23.6. The van der Waals surface area contributed by atoms with E-state index < -0.39 is 0 Å². The first kappa shape index (κ1) is 25.7. The number of nitrogens with one attached hydrogen (secondary N) is 1. The van der Waals surface area contributed by atoms with Crippen LogP contribution in [0.5, 0.6) is 0 Å². The van der Waals surface area contributed by atoms with Crippen LogP contribution in [0.4, 0.5) is 0 Å². The van der Waals surface area contributed by atoms with Gasteiger partial charge in [-0.1, -0.05) is 58.2 Å². The van der Waals surface area contributed by atoms with Gasteiger partial charge in [-0.05, 0) is 36.3 Å². The van der Waals surface area contributed by atoms with Crippen molar-refractivity contribution in [2.24, 2.45) is 5.92 Å². The number of aromatic amines is 1. The second-order valence-electron chi connectivity index (χ2n) is 6.99. The number of rotatable bonds is 8. The number of unbranched alkanes of at least 4 members (excludes halogenated alkanes) is 3. The molecule has 0 aliphatic heterocycles. The average Bonchev–Trinajstić information content (AvgIpc) is 3.10. The Hall–Kier alpha value is -2.30. The molecule has 0 fully saturated rings. The van der Waals surface area contributed by atoms with Crippen molar-refractivity contribution in [1.29, 1.82) is 0 Å². The van der Waals surface area contributed by atoms with Gasteiger partial charge in [-0.3, -0.25) is 9.59 Å². The van der Waals surface area contributed by atoms with Gasteiger partial charge in [-0.15, -0.1) is 0 Å². The first-order valence-electron chi connectivity index (χ1n) is 10.2. The fourth-order valence-electron chi connectivity index (χ4n) is 2.18. The highest BCUT2D eigenvalue weighted by atomic mass is 16.5. The van der Waals surface area contributed by atoms with E-state index in [1.54, 1.807) is 0 Å². The van der Waals surface area contributed by atoms with Gasteiger partial charge >= 0.3 is 11.9 Å². The van der Waals surface area contributed by atoms with Crippen molar-refractivity contribution in [3.8, 4) is 0 Å². The van der Waals surface area contributed by atoms with E-state index >= 15 is 0 Å². The molecule has 1 heterocycles. The van der Waals surface area contributed by atoms with Gasteiger partial charge in [-0.2, -0.15) is 0 Å². The number of aromatic nitrogens is 1. The van der Waals surface area contributed by atoms with E-state index in [0.717, 1.165) is 12.8 Å². The van der Waals surface area contributed by atoms with Crippen LogP contribution in [-0.2, 0) is 19.1 Å². The lowest BCUT2D eigenvalue weighted by Crippen LogP contribution is -2.02. The maximum atomic E-state index is 10.3. The Morgan fingerprint density at radius 3 is 2.14 bits per heavy atom. The maximum Gasteiger partial charge on any atom is 0.302 e. The molecule has 0 aliphatic rings. The summed E-state index contributed by atoms with van der Waals surface area (Å²) in [5, 5.41) is 1.28. The molecule has 0 radical (unpaired) electrons. The minimum Gasteiger partial charge on any atom is -0.466 e. The van der Waals surface area contributed by atoms with Gasteiger partial charge in [0.1, 0.15) is 0 Å². The molecule has 0 unspecified atom stereocenters. The molecule has 0 saturated carbocycles. The number of hydrogen-bond acceptors (Lipinski definition) is 4. The number of esters is 2. The van der Waals surface area contributed by atoms with Gasteiger partial charge < -0.3 is 14.5 Å². The Morgan fingerprint density at radius 2 is 1.57 bits per heavy atom. The fraction of sp³-hybridized carbons (Fsp3) is 0.565. The highest BCUT2D eigenvalue weighted by Gasteiger charge is 1.95. The van der Waals surface area contributed by atoms with Crippen LogP contribution in [0.15, 0.2) is 36.5 Å². The Labute approximate surface area is 169 Å². The van der Waals surface area contributed by atoms with Crippen LogP contribution in [-0.4, -0.2) is 30.1 Å². The number of para-hydroxylation sites is 1. The smallest absolute Gasteiger partial charge is 0.302 e. The van der Waals surface area contributed by atoms with E-state index in [-0.39, 0.29) is 11.9 Å². The molecule has 0 bridgehead atoms. The lowest BCUT2D eigenvalue weighted by molar-refractivity contribution is -0.142. The number of carbonyl (C=O) groups is 2. The van der Waals surface area contributed by atoms with Crippen molar-refractivity contribution >= 4 is 22.8 Å². The van der Waals surface area contributed by atoms with Gasteiger partial charge in [0.25, 0.3) is 0 Å². The molecule has 0 saturated heterocycles. The molecule has 28 heavy (non-hydrogen) atoms. The van der Waals surface area contributed by atoms with Crippen molar-refractivity contribution in [3.05, 3.63) is 36.5 Å². The minimum atomic E-state index is -0.185. The average molecular weight is 392 g/mol. The molecule has 2 aromatic rings. The molecule has 0 atom stereocenters. The Balaban J connectivity index is 0.000000391. The summed E-state index contributed by atoms with van der Waals surface area (Å²) < 4.78 is 9.46. The molecule has 5 heteroatoms. The van der Waals surface area contributed by atoms with Gasteiger partial charge in [-0.25, -0.2) is 0 Å². The summed E-state index contributed by atoms with van der Waals surface area (Å²) in [5.74, 6) is 0.261. The first-order chi connectivity index (χ1) is 13.4. The van der Waals surface area contributed by atoms with Crippen LogP contribution in [0.2, 0.25) is 0 Å². The van der Waals surface area contributed by atoms with Crippen molar-refractivity contribution in [3.63, 3.8) is 0 Å². The van der Waals surface area contributed by atoms with E-state index in [0.29, 0.717) is 19.1 Å². The molecule has 1 aromatic carbocycles. The second kappa shape index (κ2) is 16.8. The summed E-state index contributed by atoms with van der Waals surface area (Å²) in [6.45, 7) is 10.4. The van der Waals surface area contributed by atoms with Gasteiger partial charge in [0.05, 0.1) is 13.2 Å². The highest BCUT2D eigenvalue weighted by molar-refractivity contribution is 5.78. The summed E-state index contributed by atoms with van der Waals surface area (Å²) in [6.07, 6.45) is 7.54. The van der Waals surface area contributed by atoms with Gasteiger partial charge in [0, 0.05) is 25.6 Å². The van der Waals surface area contributed by atoms with Crippen LogP contribution in [0.25, 0.3) is 10.9 Å². The van der Waals surface area contributed by atoms with Crippen LogP contribution in [0.3, 0.4) is 0 Å². The predicted octanol–water partition coefficient (Wildman–Crippen LogP) is 5.89. The van der Waals surface area contributed by atoms with Gasteiger partial charge in [0.2, 0.25) is 0 Å². The van der Waals surface area contributed by atoms with Crippen molar-refractivity contribution < 1.29 is 19.1 Å². The van der Waals surface area contributed by atoms with Crippen LogP contribution >= 0.6 is 0 Å². The summed E-state index contributed by atoms with van der Waals surface area (Å²) in [7, 11) is 0. The van der Waals surface area contributed by atoms with E-state index in [4.69, 9.17) is 9.47 Å². The third kappa shape index (κ3) is 15.9. The summed E-state index contributed by atoms with van der Waals surface area (Å²) in [5.41, 5.74) is 1.21. The number of H-pyrrole nitrogens is 1. The molecular weight excluding hydrogens is 354 g/mol. The monoisotopic (exact) mass is 391 g/mol. The number of ether oxygens (including phenoxy) is 2. The Morgan fingerprint density at radius 1 is 0.929 bits per heavy atom. The zero-order chi connectivity index (χ0) is 21.2. The normalized spacial score (nSPS) is 9.79. The third-order valence-electron chi connectivity index (χ3n) is 3.77. The molecule has 0 aliphatic carbocycles. The van der Waals surface area contributed by atoms with E-state index in [1.165, 1.54) is 44.0 Å². The quantitative estimate of drug-likeness (QED) is 0.450. The van der Waals surface area contributed by atoms with Crippen LogP contribution < -0.4 is 0 Å². The summed E-state index contributed by atoms with van der Waals surface area (Å²) >= 11 is 0. The number of hydrogen-bond donors (Lipinski definition) is 1. The van der Waals surface area contributed by atoms with Crippen LogP contribution in [0.1, 0.15) is 66.7 Å². The topological polar surface area (TPSA) is 68.4 Å². The fourth-order valence-corrected chi connectivity index (χ4v) is 2.18. The van der Waals surface area contributed by atoms with Gasteiger partial charge in [0.15, 0.2) is 0 Å². The molecule has 5 nitrogen and oxygen atoms in total. The SMILES string of the molecule is CC(=O)OCCC(C)C.CCCCCCOC(C)=O.c1ccc2[nH]ccc2c1. The highest BCUT2D eigenvalue weighted by Crippen LogP contribution is 2.09. The number of benzene rings is 1. The first-order valence-corrected chi connectivity index (χ1v) is 10.2. The molecular formula is C23H37NO4. The molecule has 158 valence electrons. The zero-order valence-electron chi connectivity index (χ0n) is 18.1. The second-order valence-corrected chi connectivity index (χ2v) is 6.99. The van der Waals surface area contributed by atoms with Crippen molar-refractivity contribution in [2.45, 2.75) is 66.7 Å². The van der Waals surface area contributed by atoms with Crippen LogP contribution in [0, 0.1) is 5.92 Å². The molecule has 0 spiro atoms.